The molecule has 0 aliphatic carbocycles. The highest BCUT2D eigenvalue weighted by Crippen LogP contribution is 2.46. The molecular weight excluding hydrogens is 478 g/mol. The number of methoxy groups -OCH3 is 1. The Bertz CT molecular complexity index is 1150. The van der Waals surface area contributed by atoms with Crippen molar-refractivity contribution in [1.82, 2.24) is 4.90 Å². The average molecular weight is 512 g/mol. The van der Waals surface area contributed by atoms with Crippen LogP contribution in [0.5, 0.6) is 0 Å². The van der Waals surface area contributed by atoms with Crippen LogP contribution in [-0.4, -0.2) is 48.3 Å². The smallest absolute Gasteiger partial charge is 0.266 e. The molecule has 0 spiro atoms. The number of carbonyl (C=O) groups excluding carboxylic acids is 1. The maximum absolute atomic E-state index is 13.4. The van der Waals surface area contributed by atoms with Crippen LogP contribution in [0, 0.1) is 0 Å². The highest BCUT2D eigenvalue weighted by atomic mass is 35.5. The number of rotatable bonds is 7. The summed E-state index contributed by atoms with van der Waals surface area (Å²) in [5, 5.41) is 1.34. The van der Waals surface area contributed by atoms with Gasteiger partial charge < -0.3 is 9.64 Å². The van der Waals surface area contributed by atoms with E-state index in [-0.39, 0.29) is 11.4 Å². The van der Waals surface area contributed by atoms with Gasteiger partial charge in [0.2, 0.25) is 0 Å². The number of nitrogens with zero attached hydrogens (tertiary/aromatic N) is 3. The van der Waals surface area contributed by atoms with Crippen LogP contribution in [0.1, 0.15) is 57.6 Å². The van der Waals surface area contributed by atoms with E-state index in [0.717, 1.165) is 30.6 Å². The number of hydrogen-bond donors (Lipinski definition) is 0. The minimum absolute atomic E-state index is 0.0426. The van der Waals surface area contributed by atoms with Gasteiger partial charge in [0.15, 0.2) is 5.17 Å². The number of hydrogen-bond acceptors (Lipinski definition) is 5. The van der Waals surface area contributed by atoms with E-state index in [9.17, 15) is 4.79 Å². The first kappa shape index (κ1) is 25.8. The van der Waals surface area contributed by atoms with E-state index in [0.29, 0.717) is 34.2 Å². The van der Waals surface area contributed by atoms with E-state index in [1.807, 2.05) is 36.4 Å². The molecule has 2 aliphatic heterocycles. The van der Waals surface area contributed by atoms with Crippen molar-refractivity contribution >= 4 is 51.9 Å². The summed E-state index contributed by atoms with van der Waals surface area (Å²) in [7, 11) is 1.67. The molecule has 0 saturated carbocycles. The second-order valence-electron chi connectivity index (χ2n) is 9.74. The van der Waals surface area contributed by atoms with Crippen LogP contribution >= 0.6 is 23.4 Å². The van der Waals surface area contributed by atoms with Gasteiger partial charge in [-0.25, -0.2) is 4.99 Å². The Morgan fingerprint density at radius 3 is 2.69 bits per heavy atom. The van der Waals surface area contributed by atoms with Gasteiger partial charge in [-0.2, -0.15) is 0 Å². The van der Waals surface area contributed by atoms with Gasteiger partial charge in [-0.3, -0.25) is 9.69 Å². The van der Waals surface area contributed by atoms with Crippen LogP contribution in [-0.2, 0) is 9.53 Å². The van der Waals surface area contributed by atoms with Crippen LogP contribution < -0.4 is 4.90 Å². The summed E-state index contributed by atoms with van der Waals surface area (Å²) in [5.74, 6) is 0.365. The largest absolute Gasteiger partial charge is 0.385 e. The lowest BCUT2D eigenvalue weighted by Gasteiger charge is -2.47. The zero-order valence-electron chi connectivity index (χ0n) is 21.2. The Labute approximate surface area is 218 Å². The van der Waals surface area contributed by atoms with E-state index in [1.165, 1.54) is 23.0 Å². The monoisotopic (exact) mass is 511 g/mol. The number of carbonyl (C=O) groups is 1. The molecule has 1 unspecified atom stereocenters. The van der Waals surface area contributed by atoms with Gasteiger partial charge in [-0.15, -0.1) is 0 Å². The number of amides is 1. The minimum atomic E-state index is -0.0426. The van der Waals surface area contributed by atoms with Gasteiger partial charge in [0.25, 0.3) is 5.91 Å². The van der Waals surface area contributed by atoms with Crippen LogP contribution in [0.3, 0.4) is 0 Å². The predicted octanol–water partition coefficient (Wildman–Crippen LogP) is 7.09. The van der Waals surface area contributed by atoms with Crippen molar-refractivity contribution in [3.8, 4) is 0 Å². The number of anilines is 1. The molecule has 0 bridgehead atoms. The molecule has 186 valence electrons. The molecule has 0 radical (unpaired) electrons. The van der Waals surface area contributed by atoms with Crippen molar-refractivity contribution in [2.24, 2.45) is 4.99 Å². The Morgan fingerprint density at radius 1 is 1.26 bits per heavy atom. The molecule has 4 rings (SSSR count). The lowest BCUT2D eigenvalue weighted by atomic mass is 9.79. The summed E-state index contributed by atoms with van der Waals surface area (Å²) in [5.41, 5.74) is 4.26. The minimum Gasteiger partial charge on any atom is -0.385 e. The topological polar surface area (TPSA) is 45.1 Å². The lowest BCUT2D eigenvalue weighted by Crippen LogP contribution is -2.48. The number of ether oxygens (including phenoxy) is 1. The first-order chi connectivity index (χ1) is 16.7. The summed E-state index contributed by atoms with van der Waals surface area (Å²) in [6.45, 7) is 11.1. The number of amidine groups is 1. The Kier molecular flexibility index (Phi) is 7.94. The van der Waals surface area contributed by atoms with Crippen molar-refractivity contribution in [3.63, 3.8) is 0 Å². The Hall–Kier alpha value is -2.28. The zero-order chi connectivity index (χ0) is 25.2. The summed E-state index contributed by atoms with van der Waals surface area (Å²) in [6.07, 6.45) is 3.74. The summed E-state index contributed by atoms with van der Waals surface area (Å²) >= 11 is 8.21. The molecular formula is C28H34ClN3O2S. The van der Waals surface area contributed by atoms with E-state index in [1.54, 1.807) is 12.0 Å². The molecule has 1 fully saturated rings. The van der Waals surface area contributed by atoms with Crippen molar-refractivity contribution < 1.29 is 9.53 Å². The quantitative estimate of drug-likeness (QED) is 0.294. The fourth-order valence-electron chi connectivity index (χ4n) is 5.14. The van der Waals surface area contributed by atoms with Gasteiger partial charge in [-0.05, 0) is 92.8 Å². The molecule has 2 aromatic carbocycles. The predicted molar refractivity (Wildman–Crippen MR) is 149 cm³/mol. The number of para-hydroxylation sites is 1. The second kappa shape index (κ2) is 10.8. The van der Waals surface area contributed by atoms with Gasteiger partial charge in [0.1, 0.15) is 0 Å². The number of halogens is 1. The first-order valence-electron chi connectivity index (χ1n) is 12.2. The van der Waals surface area contributed by atoms with Gasteiger partial charge in [0.05, 0.1) is 10.6 Å². The molecule has 2 aromatic rings. The molecule has 7 heteroatoms. The molecule has 0 aromatic heterocycles. The molecule has 1 atom stereocenters. The van der Waals surface area contributed by atoms with Gasteiger partial charge in [-0.1, -0.05) is 36.7 Å². The van der Waals surface area contributed by atoms with E-state index < -0.39 is 0 Å². The van der Waals surface area contributed by atoms with Crippen molar-refractivity contribution in [3.05, 3.63) is 63.5 Å². The molecule has 1 amide bonds. The molecule has 1 saturated heterocycles. The molecule has 0 N–H and O–H groups in total. The average Bonchev–Trinajstić information content (AvgIpc) is 3.09. The van der Waals surface area contributed by atoms with Crippen LogP contribution in [0.15, 0.2) is 52.4 Å². The highest BCUT2D eigenvalue weighted by Gasteiger charge is 2.37. The van der Waals surface area contributed by atoms with Crippen molar-refractivity contribution in [1.29, 1.82) is 0 Å². The summed E-state index contributed by atoms with van der Waals surface area (Å²) in [4.78, 5) is 23.0. The van der Waals surface area contributed by atoms with Gasteiger partial charge in [0, 0.05) is 43.1 Å². The summed E-state index contributed by atoms with van der Waals surface area (Å²) < 4.78 is 5.20. The molecule has 5 nitrogen and oxygen atoms in total. The molecule has 2 heterocycles. The number of fused-ring (bicyclic) bond motifs is 1. The fraction of sp³-hybridized carbons (Fsp3) is 0.429. The Balaban J connectivity index is 1.70. The second-order valence-corrected chi connectivity index (χ2v) is 11.2. The third-order valence-electron chi connectivity index (χ3n) is 6.71. The lowest BCUT2D eigenvalue weighted by molar-refractivity contribution is -0.122. The van der Waals surface area contributed by atoms with Crippen LogP contribution in [0.4, 0.5) is 11.4 Å². The SMILES string of the molecule is CCN1c2cc(Cl)c(/C=C3/SC(=Nc4ccccc4)N(CCCOC)C3=O)cc2C(C)CC1(C)C. The summed E-state index contributed by atoms with van der Waals surface area (Å²) in [6, 6.07) is 14.0. The maximum Gasteiger partial charge on any atom is 0.266 e. The van der Waals surface area contributed by atoms with Crippen molar-refractivity contribution in [2.45, 2.75) is 52.0 Å². The third-order valence-corrected chi connectivity index (χ3v) is 8.04. The number of aliphatic imine (C=N–C) groups is 1. The van der Waals surface area contributed by atoms with Crippen LogP contribution in [0.2, 0.25) is 5.02 Å². The van der Waals surface area contributed by atoms with E-state index in [2.05, 4.69) is 44.7 Å². The van der Waals surface area contributed by atoms with Crippen LogP contribution in [0.25, 0.3) is 6.08 Å². The standard InChI is InChI=1S/C28H34ClN3O2S/c1-6-32-24-17-23(29)20(15-22(24)19(2)18-28(32,3)4)16-25-26(33)31(13-10-14-34-5)27(35-25)30-21-11-8-7-9-12-21/h7-9,11-12,15-17,19H,6,10,13-14,18H2,1-5H3/b25-16+,30-27?. The number of benzene rings is 2. The molecule has 2 aliphatic rings. The Morgan fingerprint density at radius 2 is 2.00 bits per heavy atom. The van der Waals surface area contributed by atoms with Crippen molar-refractivity contribution in [2.75, 3.05) is 31.7 Å². The molecule has 35 heavy (non-hydrogen) atoms. The zero-order valence-corrected chi connectivity index (χ0v) is 22.7. The third kappa shape index (κ3) is 5.45. The first-order valence-corrected chi connectivity index (χ1v) is 13.4. The van der Waals surface area contributed by atoms with E-state index in [4.69, 9.17) is 21.3 Å². The number of thioether (sulfide) groups is 1. The highest BCUT2D eigenvalue weighted by molar-refractivity contribution is 8.18. The van der Waals surface area contributed by atoms with E-state index >= 15 is 0 Å². The fourth-order valence-corrected chi connectivity index (χ4v) is 6.37. The maximum atomic E-state index is 13.4. The van der Waals surface area contributed by atoms with Gasteiger partial charge >= 0.3 is 0 Å². The normalized spacial score (nSPS) is 21.8.